The molecule has 2 aromatic rings. The Balaban J connectivity index is 2.03. The van der Waals surface area contributed by atoms with Crippen molar-refractivity contribution in [2.45, 2.75) is 19.4 Å². The summed E-state index contributed by atoms with van der Waals surface area (Å²) in [5, 5.41) is 0. The summed E-state index contributed by atoms with van der Waals surface area (Å²) in [6.07, 6.45) is 0.821. The lowest BCUT2D eigenvalue weighted by Gasteiger charge is -2.37. The van der Waals surface area contributed by atoms with E-state index in [1.807, 2.05) is 23.1 Å². The molecule has 0 radical (unpaired) electrons. The fraction of sp³-hybridized carbons (Fsp3) is 0.278. The van der Waals surface area contributed by atoms with Crippen LogP contribution < -0.4 is 4.90 Å². The minimum atomic E-state index is -0.503. The summed E-state index contributed by atoms with van der Waals surface area (Å²) in [7, 11) is 0. The van der Waals surface area contributed by atoms with E-state index in [1.54, 1.807) is 19.1 Å². The van der Waals surface area contributed by atoms with Crippen LogP contribution in [0.4, 0.5) is 10.1 Å². The molecule has 0 saturated carbocycles. The molecule has 0 aliphatic carbocycles. The van der Waals surface area contributed by atoms with Gasteiger partial charge < -0.3 is 9.64 Å². The Kier molecular flexibility index (Phi) is 4.66. The second-order valence-electron chi connectivity index (χ2n) is 5.42. The highest BCUT2D eigenvalue weighted by molar-refractivity contribution is 9.10. The molecule has 5 heteroatoms. The minimum absolute atomic E-state index is 0.278. The van der Waals surface area contributed by atoms with Gasteiger partial charge in [0.25, 0.3) is 0 Å². The molecule has 0 N–H and O–H groups in total. The molecular formula is C18H17BrFNO2. The highest BCUT2D eigenvalue weighted by Gasteiger charge is 2.34. The SMILES string of the molecule is CCOC(=O)[C@H]1c2ccc(Br)cc2CCN1c1ccc(F)cc1. The number of hydrogen-bond acceptors (Lipinski definition) is 3. The average molecular weight is 378 g/mol. The van der Waals surface area contributed by atoms with Crippen molar-refractivity contribution in [1.29, 1.82) is 0 Å². The number of hydrogen-bond donors (Lipinski definition) is 0. The maximum atomic E-state index is 13.2. The Morgan fingerprint density at radius 2 is 2.04 bits per heavy atom. The zero-order chi connectivity index (χ0) is 16.4. The lowest BCUT2D eigenvalue weighted by Crippen LogP contribution is -2.40. The molecular weight excluding hydrogens is 361 g/mol. The third-order valence-corrected chi connectivity index (χ3v) is 4.49. The van der Waals surface area contributed by atoms with Crippen LogP contribution in [-0.4, -0.2) is 19.1 Å². The maximum Gasteiger partial charge on any atom is 0.333 e. The Labute approximate surface area is 143 Å². The molecule has 1 aliphatic rings. The van der Waals surface area contributed by atoms with Gasteiger partial charge in [-0.1, -0.05) is 22.0 Å². The number of halogens is 2. The highest BCUT2D eigenvalue weighted by Crippen LogP contribution is 2.35. The van der Waals surface area contributed by atoms with Gasteiger partial charge in [0.15, 0.2) is 6.04 Å². The van der Waals surface area contributed by atoms with Gasteiger partial charge in [0.2, 0.25) is 0 Å². The normalized spacial score (nSPS) is 16.8. The second kappa shape index (κ2) is 6.71. The molecule has 0 aromatic heterocycles. The number of rotatable bonds is 3. The van der Waals surface area contributed by atoms with E-state index in [0.29, 0.717) is 13.2 Å². The first-order chi connectivity index (χ1) is 11.1. The monoisotopic (exact) mass is 377 g/mol. The van der Waals surface area contributed by atoms with Crippen molar-refractivity contribution in [3.8, 4) is 0 Å². The third-order valence-electron chi connectivity index (χ3n) is 4.00. The van der Waals surface area contributed by atoms with Crippen molar-refractivity contribution < 1.29 is 13.9 Å². The van der Waals surface area contributed by atoms with E-state index in [1.165, 1.54) is 12.1 Å². The zero-order valence-corrected chi connectivity index (χ0v) is 14.3. The van der Waals surface area contributed by atoms with Crippen LogP contribution in [0.5, 0.6) is 0 Å². The number of fused-ring (bicyclic) bond motifs is 1. The molecule has 3 rings (SSSR count). The fourth-order valence-corrected chi connectivity index (χ4v) is 3.39. The molecule has 1 heterocycles. The molecule has 3 nitrogen and oxygen atoms in total. The molecule has 0 unspecified atom stereocenters. The first-order valence-electron chi connectivity index (χ1n) is 7.57. The van der Waals surface area contributed by atoms with Gasteiger partial charge in [-0.2, -0.15) is 0 Å². The van der Waals surface area contributed by atoms with Crippen LogP contribution in [0.15, 0.2) is 46.9 Å². The molecule has 23 heavy (non-hydrogen) atoms. The van der Waals surface area contributed by atoms with E-state index in [-0.39, 0.29) is 11.8 Å². The Hall–Kier alpha value is -1.88. The van der Waals surface area contributed by atoms with Crippen LogP contribution >= 0.6 is 15.9 Å². The summed E-state index contributed by atoms with van der Waals surface area (Å²) in [4.78, 5) is 14.5. The van der Waals surface area contributed by atoms with Crippen molar-refractivity contribution in [2.24, 2.45) is 0 Å². The Morgan fingerprint density at radius 1 is 1.30 bits per heavy atom. The number of esters is 1. The zero-order valence-electron chi connectivity index (χ0n) is 12.8. The van der Waals surface area contributed by atoms with E-state index < -0.39 is 6.04 Å². The molecule has 1 atom stereocenters. The first-order valence-corrected chi connectivity index (χ1v) is 8.36. The van der Waals surface area contributed by atoms with E-state index in [2.05, 4.69) is 15.9 Å². The summed E-state index contributed by atoms with van der Waals surface area (Å²) in [6.45, 7) is 2.81. The molecule has 120 valence electrons. The summed E-state index contributed by atoms with van der Waals surface area (Å²) in [5.74, 6) is -0.567. The van der Waals surface area contributed by atoms with Crippen molar-refractivity contribution >= 4 is 27.6 Å². The van der Waals surface area contributed by atoms with Gasteiger partial charge in [-0.25, -0.2) is 9.18 Å². The second-order valence-corrected chi connectivity index (χ2v) is 6.33. The van der Waals surface area contributed by atoms with E-state index in [9.17, 15) is 9.18 Å². The van der Waals surface area contributed by atoms with Gasteiger partial charge in [0.1, 0.15) is 5.82 Å². The van der Waals surface area contributed by atoms with Gasteiger partial charge in [-0.15, -0.1) is 0 Å². The Bertz CT molecular complexity index is 717. The van der Waals surface area contributed by atoms with Crippen LogP contribution in [0, 0.1) is 5.82 Å². The van der Waals surface area contributed by atoms with Crippen molar-refractivity contribution in [3.05, 3.63) is 63.9 Å². The largest absolute Gasteiger partial charge is 0.464 e. The van der Waals surface area contributed by atoms with E-state index in [4.69, 9.17) is 4.74 Å². The van der Waals surface area contributed by atoms with Gasteiger partial charge in [0.05, 0.1) is 6.61 Å². The smallest absolute Gasteiger partial charge is 0.333 e. The standard InChI is InChI=1S/C18H17BrFNO2/c1-2-23-18(22)17-16-8-3-13(19)11-12(16)9-10-21(17)15-6-4-14(20)5-7-15/h3-8,11,17H,2,9-10H2,1H3/t17-/m1/s1. The number of carbonyl (C=O) groups excluding carboxylic acids is 1. The van der Waals surface area contributed by atoms with Crippen molar-refractivity contribution in [3.63, 3.8) is 0 Å². The molecule has 0 fully saturated rings. The summed E-state index contributed by atoms with van der Waals surface area (Å²) >= 11 is 3.47. The van der Waals surface area contributed by atoms with Crippen molar-refractivity contribution in [2.75, 3.05) is 18.1 Å². The van der Waals surface area contributed by atoms with Crippen LogP contribution in [0.3, 0.4) is 0 Å². The third kappa shape index (κ3) is 3.24. The van der Waals surface area contributed by atoms with Crippen molar-refractivity contribution in [1.82, 2.24) is 0 Å². The highest BCUT2D eigenvalue weighted by atomic mass is 79.9. The quantitative estimate of drug-likeness (QED) is 0.748. The fourth-order valence-electron chi connectivity index (χ4n) is 2.98. The summed E-state index contributed by atoms with van der Waals surface area (Å²) < 4.78 is 19.5. The van der Waals surface area contributed by atoms with E-state index in [0.717, 1.165) is 27.7 Å². The average Bonchev–Trinajstić information content (AvgIpc) is 2.54. The molecule has 2 aromatic carbocycles. The predicted molar refractivity (Wildman–Crippen MR) is 91.0 cm³/mol. The van der Waals surface area contributed by atoms with Gasteiger partial charge in [-0.05, 0) is 60.9 Å². The molecule has 0 saturated heterocycles. The summed E-state index contributed by atoms with van der Waals surface area (Å²) in [6, 6.07) is 11.6. The van der Waals surface area contributed by atoms with Crippen LogP contribution in [0.25, 0.3) is 0 Å². The predicted octanol–water partition coefficient (Wildman–Crippen LogP) is 4.26. The molecule has 0 spiro atoms. The number of anilines is 1. The number of carbonyl (C=O) groups is 1. The maximum absolute atomic E-state index is 13.2. The summed E-state index contributed by atoms with van der Waals surface area (Å²) in [5.41, 5.74) is 2.90. The van der Waals surface area contributed by atoms with Gasteiger partial charge >= 0.3 is 5.97 Å². The van der Waals surface area contributed by atoms with Gasteiger partial charge in [-0.3, -0.25) is 0 Å². The molecule has 0 bridgehead atoms. The number of nitrogens with zero attached hydrogens (tertiary/aromatic N) is 1. The molecule has 0 amide bonds. The van der Waals surface area contributed by atoms with Gasteiger partial charge in [0, 0.05) is 16.7 Å². The topological polar surface area (TPSA) is 29.5 Å². The molecule has 1 aliphatic heterocycles. The lowest BCUT2D eigenvalue weighted by molar-refractivity contribution is -0.145. The lowest BCUT2D eigenvalue weighted by atomic mass is 9.92. The van der Waals surface area contributed by atoms with Crippen LogP contribution in [0.1, 0.15) is 24.1 Å². The number of benzene rings is 2. The minimum Gasteiger partial charge on any atom is -0.464 e. The number of ether oxygens (including phenoxy) is 1. The Morgan fingerprint density at radius 3 is 2.74 bits per heavy atom. The van der Waals surface area contributed by atoms with Crippen LogP contribution in [0.2, 0.25) is 0 Å². The van der Waals surface area contributed by atoms with Crippen LogP contribution in [-0.2, 0) is 16.0 Å². The van der Waals surface area contributed by atoms with E-state index >= 15 is 0 Å². The first kappa shape index (κ1) is 16.0.